The number of imidazole rings is 1. The molecule has 0 unspecified atom stereocenters. The lowest BCUT2D eigenvalue weighted by Crippen LogP contribution is -2.19. The lowest BCUT2D eigenvalue weighted by molar-refractivity contribution is 0.102. The molecule has 0 radical (unpaired) electrons. The standard InChI is InChI=1S/C23H20ClN3O4S/c1-14-7-9-17(10-8-14)32(30,31)21-13-20-19(26(2)23(29)27(20)3)12-18(21)25-22(28)15-5-4-6-16(24)11-15/h4-13H,1-3H3,(H,25,28). The molecule has 0 saturated carbocycles. The van der Waals surface area contributed by atoms with Gasteiger partial charge in [-0.3, -0.25) is 13.9 Å². The Morgan fingerprint density at radius 2 is 1.56 bits per heavy atom. The molecule has 0 aliphatic heterocycles. The van der Waals surface area contributed by atoms with Crippen molar-refractivity contribution >= 4 is 44.1 Å². The van der Waals surface area contributed by atoms with Crippen LogP contribution in [-0.2, 0) is 23.9 Å². The highest BCUT2D eigenvalue weighted by Gasteiger charge is 2.25. The number of carbonyl (C=O) groups excluding carboxylic acids is 1. The summed E-state index contributed by atoms with van der Waals surface area (Å²) in [7, 11) is -0.848. The molecule has 0 atom stereocenters. The number of nitrogens with one attached hydrogen (secondary N) is 1. The third-order valence-corrected chi connectivity index (χ3v) is 7.37. The molecular weight excluding hydrogens is 450 g/mol. The molecule has 0 saturated heterocycles. The van der Waals surface area contributed by atoms with E-state index in [-0.39, 0.29) is 26.7 Å². The Bertz CT molecular complexity index is 1530. The van der Waals surface area contributed by atoms with E-state index in [0.717, 1.165) is 5.56 Å². The summed E-state index contributed by atoms with van der Waals surface area (Å²) in [6.45, 7) is 1.86. The van der Waals surface area contributed by atoms with Crippen LogP contribution in [0.25, 0.3) is 11.0 Å². The Morgan fingerprint density at radius 3 is 2.19 bits per heavy atom. The van der Waals surface area contributed by atoms with Crippen LogP contribution < -0.4 is 11.0 Å². The minimum atomic E-state index is -4.00. The van der Waals surface area contributed by atoms with Crippen LogP contribution in [0.5, 0.6) is 0 Å². The second-order valence-electron chi connectivity index (χ2n) is 7.52. The molecule has 7 nitrogen and oxygen atoms in total. The zero-order chi connectivity index (χ0) is 23.2. The highest BCUT2D eigenvalue weighted by atomic mass is 35.5. The molecule has 0 fully saturated rings. The maximum atomic E-state index is 13.5. The van der Waals surface area contributed by atoms with Gasteiger partial charge in [-0.2, -0.15) is 0 Å². The van der Waals surface area contributed by atoms with Crippen molar-refractivity contribution in [3.63, 3.8) is 0 Å². The predicted molar refractivity (Wildman–Crippen MR) is 124 cm³/mol. The molecule has 1 aromatic heterocycles. The summed E-state index contributed by atoms with van der Waals surface area (Å²) in [4.78, 5) is 25.3. The number of hydrogen-bond acceptors (Lipinski definition) is 4. The number of amides is 1. The SMILES string of the molecule is Cc1ccc(S(=O)(=O)c2cc3c(cc2NC(=O)c2cccc(Cl)c2)n(C)c(=O)n3C)cc1. The zero-order valence-corrected chi connectivity index (χ0v) is 19.2. The Kier molecular flexibility index (Phi) is 5.44. The van der Waals surface area contributed by atoms with Gasteiger partial charge in [0.1, 0.15) is 0 Å². The van der Waals surface area contributed by atoms with Crippen molar-refractivity contribution in [1.29, 1.82) is 0 Å². The summed E-state index contributed by atoms with van der Waals surface area (Å²) < 4.78 is 29.8. The number of aromatic nitrogens is 2. The van der Waals surface area contributed by atoms with Gasteiger partial charge in [-0.1, -0.05) is 35.4 Å². The molecule has 0 spiro atoms. The van der Waals surface area contributed by atoms with Crippen molar-refractivity contribution in [2.45, 2.75) is 16.7 Å². The Hall–Kier alpha value is -3.36. The van der Waals surface area contributed by atoms with Crippen LogP contribution in [0.4, 0.5) is 5.69 Å². The van der Waals surface area contributed by atoms with Gasteiger partial charge in [0.2, 0.25) is 9.84 Å². The summed E-state index contributed by atoms with van der Waals surface area (Å²) in [6, 6.07) is 15.7. The fourth-order valence-corrected chi connectivity index (χ4v) is 5.12. The van der Waals surface area contributed by atoms with Gasteiger partial charge in [-0.05, 0) is 49.4 Å². The van der Waals surface area contributed by atoms with Crippen LogP contribution in [0.3, 0.4) is 0 Å². The van der Waals surface area contributed by atoms with E-state index in [4.69, 9.17) is 11.6 Å². The first-order valence-electron chi connectivity index (χ1n) is 9.68. The van der Waals surface area contributed by atoms with Gasteiger partial charge in [0, 0.05) is 24.7 Å². The summed E-state index contributed by atoms with van der Waals surface area (Å²) in [5.74, 6) is -0.520. The highest BCUT2D eigenvalue weighted by molar-refractivity contribution is 7.91. The van der Waals surface area contributed by atoms with Gasteiger partial charge >= 0.3 is 5.69 Å². The molecule has 1 amide bonds. The van der Waals surface area contributed by atoms with Crippen LogP contribution >= 0.6 is 11.6 Å². The molecule has 0 bridgehead atoms. The topological polar surface area (TPSA) is 90.2 Å². The van der Waals surface area contributed by atoms with E-state index in [1.807, 2.05) is 6.92 Å². The molecule has 0 aliphatic carbocycles. The number of anilines is 1. The smallest absolute Gasteiger partial charge is 0.321 e. The fraction of sp³-hybridized carbons (Fsp3) is 0.130. The summed E-state index contributed by atoms with van der Waals surface area (Å²) in [5, 5.41) is 3.07. The van der Waals surface area contributed by atoms with Crippen LogP contribution in [0.1, 0.15) is 15.9 Å². The van der Waals surface area contributed by atoms with Crippen molar-refractivity contribution in [1.82, 2.24) is 9.13 Å². The number of fused-ring (bicyclic) bond motifs is 1. The summed E-state index contributed by atoms with van der Waals surface area (Å²) >= 11 is 5.99. The molecule has 164 valence electrons. The molecule has 3 aromatic carbocycles. The van der Waals surface area contributed by atoms with E-state index in [1.54, 1.807) is 44.4 Å². The average Bonchev–Trinajstić information content (AvgIpc) is 2.97. The van der Waals surface area contributed by atoms with Crippen molar-refractivity contribution in [2.75, 3.05) is 5.32 Å². The Balaban J connectivity index is 1.94. The molecule has 1 N–H and O–H groups in total. The van der Waals surface area contributed by atoms with E-state index in [2.05, 4.69) is 5.32 Å². The predicted octanol–water partition coefficient (Wildman–Crippen LogP) is 3.92. The first kappa shape index (κ1) is 21.9. The first-order valence-corrected chi connectivity index (χ1v) is 11.5. The minimum absolute atomic E-state index is 0.0734. The summed E-state index contributed by atoms with van der Waals surface area (Å²) in [6.07, 6.45) is 0. The number of hydrogen-bond donors (Lipinski definition) is 1. The lowest BCUT2D eigenvalue weighted by Gasteiger charge is -2.14. The second-order valence-corrected chi connectivity index (χ2v) is 9.87. The van der Waals surface area contributed by atoms with E-state index >= 15 is 0 Å². The number of halogens is 1. The third kappa shape index (κ3) is 3.72. The zero-order valence-electron chi connectivity index (χ0n) is 17.6. The van der Waals surface area contributed by atoms with Crippen LogP contribution in [0.15, 0.2) is 75.2 Å². The van der Waals surface area contributed by atoms with Crippen LogP contribution in [0.2, 0.25) is 5.02 Å². The number of rotatable bonds is 4. The maximum absolute atomic E-state index is 13.5. The molecule has 32 heavy (non-hydrogen) atoms. The van der Waals surface area contributed by atoms with Gasteiger partial charge in [0.05, 0.1) is 26.5 Å². The number of aryl methyl sites for hydroxylation is 3. The van der Waals surface area contributed by atoms with Gasteiger partial charge in [0.15, 0.2) is 0 Å². The summed E-state index contributed by atoms with van der Waals surface area (Å²) in [5.41, 5.74) is 1.88. The monoisotopic (exact) mass is 469 g/mol. The largest absolute Gasteiger partial charge is 0.328 e. The molecule has 4 rings (SSSR count). The van der Waals surface area contributed by atoms with E-state index in [9.17, 15) is 18.0 Å². The van der Waals surface area contributed by atoms with Crippen LogP contribution in [-0.4, -0.2) is 23.5 Å². The first-order chi connectivity index (χ1) is 15.1. The van der Waals surface area contributed by atoms with Gasteiger partial charge < -0.3 is 5.32 Å². The molecule has 4 aromatic rings. The highest BCUT2D eigenvalue weighted by Crippen LogP contribution is 2.32. The molecule has 1 heterocycles. The Labute approximate surface area is 189 Å². The van der Waals surface area contributed by atoms with Crippen molar-refractivity contribution in [3.8, 4) is 0 Å². The van der Waals surface area contributed by atoms with Crippen molar-refractivity contribution in [3.05, 3.63) is 87.3 Å². The normalized spacial score (nSPS) is 11.6. The number of nitrogens with zero attached hydrogens (tertiary/aromatic N) is 2. The average molecular weight is 470 g/mol. The van der Waals surface area contributed by atoms with Gasteiger partial charge in [-0.25, -0.2) is 13.2 Å². The minimum Gasteiger partial charge on any atom is -0.321 e. The number of benzene rings is 3. The number of sulfone groups is 1. The maximum Gasteiger partial charge on any atom is 0.328 e. The van der Waals surface area contributed by atoms with Gasteiger partial charge in [-0.15, -0.1) is 0 Å². The van der Waals surface area contributed by atoms with E-state index in [1.165, 1.54) is 39.5 Å². The van der Waals surface area contributed by atoms with Crippen molar-refractivity contribution in [2.24, 2.45) is 14.1 Å². The quantitative estimate of drug-likeness (QED) is 0.490. The molecular formula is C23H20ClN3O4S. The molecule has 0 aliphatic rings. The van der Waals surface area contributed by atoms with Gasteiger partial charge in [0.25, 0.3) is 5.91 Å². The van der Waals surface area contributed by atoms with Crippen LogP contribution in [0, 0.1) is 6.92 Å². The van der Waals surface area contributed by atoms with E-state index in [0.29, 0.717) is 16.1 Å². The third-order valence-electron chi connectivity index (χ3n) is 5.33. The Morgan fingerprint density at radius 1 is 0.938 bits per heavy atom. The van der Waals surface area contributed by atoms with E-state index < -0.39 is 15.7 Å². The lowest BCUT2D eigenvalue weighted by atomic mass is 10.2. The second kappa shape index (κ2) is 7.96. The number of carbonyl (C=O) groups is 1. The fourth-order valence-electron chi connectivity index (χ4n) is 3.51. The van der Waals surface area contributed by atoms with Crippen molar-refractivity contribution < 1.29 is 13.2 Å². The molecule has 9 heteroatoms.